The molecule has 0 aromatic carbocycles. The molecule has 1 rings (SSSR count). The molecule has 0 fully saturated rings. The van der Waals surface area contributed by atoms with Crippen LogP contribution in [0.5, 0.6) is 0 Å². The van der Waals surface area contributed by atoms with Crippen LogP contribution in [0.3, 0.4) is 0 Å². The second kappa shape index (κ2) is 14.2. The first kappa shape index (κ1) is 15.2. The molecule has 0 atom stereocenters. The number of hydrogen-bond acceptors (Lipinski definition) is 2. The summed E-state index contributed by atoms with van der Waals surface area (Å²) in [6.45, 7) is 0. The Morgan fingerprint density at radius 3 is 1.83 bits per heavy atom. The van der Waals surface area contributed by atoms with Gasteiger partial charge in [-0.1, -0.05) is 0 Å². The van der Waals surface area contributed by atoms with E-state index in [0.29, 0.717) is 0 Å². The van der Waals surface area contributed by atoms with E-state index in [1.165, 1.54) is 24.5 Å². The fourth-order valence-electron chi connectivity index (χ4n) is 0.447. The maximum atomic E-state index is 4.50. The summed E-state index contributed by atoms with van der Waals surface area (Å²) in [6.07, 6.45) is 7.56. The van der Waals surface area contributed by atoms with E-state index >= 15 is 0 Å². The number of hydrogen-bond donors (Lipinski definition) is 0. The monoisotopic (exact) mass is 245 g/mol. The van der Waals surface area contributed by atoms with Gasteiger partial charge in [0.05, 0.1) is 38.0 Å². The predicted molar refractivity (Wildman–Crippen MR) is 47.6 cm³/mol. The summed E-state index contributed by atoms with van der Waals surface area (Å²) in [5.74, 6) is 0. The van der Waals surface area contributed by atoms with Crippen LogP contribution in [0.2, 0.25) is 0 Å². The van der Waals surface area contributed by atoms with Crippen molar-refractivity contribution in [1.29, 1.82) is 0 Å². The summed E-state index contributed by atoms with van der Waals surface area (Å²) < 4.78 is 8.91. The molecule has 2 nitrogen and oxygen atoms in total. The number of halogens is 2. The van der Waals surface area contributed by atoms with Gasteiger partial charge in [-0.05, 0) is 0 Å². The molecule has 0 saturated heterocycles. The van der Waals surface area contributed by atoms with Gasteiger partial charge in [0.25, 0.3) is 0 Å². The molecule has 0 aromatic heterocycles. The van der Waals surface area contributed by atoms with Crippen molar-refractivity contribution >= 4 is 23.7 Å². The summed E-state index contributed by atoms with van der Waals surface area (Å²) in [6, 6.07) is 0. The second-order valence-electron chi connectivity index (χ2n) is 1.63. The van der Waals surface area contributed by atoms with Crippen LogP contribution in [0.15, 0.2) is 22.1 Å². The minimum atomic E-state index is 1.17. The standard InChI is InChI=1S/C5H5.2CH3ClO.Ti/c1-2-4-5-3-1;2*1-3-2;/h1-3H,4H2;2*1H3;. The summed E-state index contributed by atoms with van der Waals surface area (Å²) >= 11 is 11.1. The Morgan fingerprint density at radius 2 is 1.75 bits per heavy atom. The molecule has 0 heterocycles. The van der Waals surface area contributed by atoms with Crippen LogP contribution in [0, 0.1) is 0 Å². The van der Waals surface area contributed by atoms with Crippen molar-refractivity contribution in [3.8, 4) is 0 Å². The summed E-state index contributed by atoms with van der Waals surface area (Å²) in [5.41, 5.74) is 0. The molecule has 69 valence electrons. The van der Waals surface area contributed by atoms with Gasteiger partial charge in [0, 0.05) is 0 Å². The Hall–Kier alpha value is 0.694. The Bertz CT molecular complexity index is 135. The molecule has 0 aliphatic heterocycles. The van der Waals surface area contributed by atoms with Gasteiger partial charge in [-0.25, -0.2) is 0 Å². The molecule has 0 N–H and O–H groups in total. The Kier molecular flexibility index (Phi) is 18.0. The minimum absolute atomic E-state index is 1.17. The molecule has 12 heavy (non-hydrogen) atoms. The van der Waals surface area contributed by atoms with Crippen molar-refractivity contribution in [1.82, 2.24) is 0 Å². The van der Waals surface area contributed by atoms with Gasteiger partial charge in [0.15, 0.2) is 0 Å². The fourth-order valence-corrected chi connectivity index (χ4v) is 0.782. The van der Waals surface area contributed by atoms with E-state index in [-0.39, 0.29) is 0 Å². The van der Waals surface area contributed by atoms with E-state index in [1.54, 1.807) is 0 Å². The number of allylic oxidation sites excluding steroid dienone is 4. The Labute approximate surface area is 95.3 Å². The summed E-state index contributed by atoms with van der Waals surface area (Å²) in [4.78, 5) is 0. The Morgan fingerprint density at radius 1 is 1.33 bits per heavy atom. The molecule has 0 amide bonds. The van der Waals surface area contributed by atoms with E-state index < -0.39 is 0 Å². The zero-order valence-electron chi connectivity index (χ0n) is 7.01. The normalized spacial score (nSPS) is 12.1. The third kappa shape index (κ3) is 17.0. The first-order valence-electron chi connectivity index (χ1n) is 3.09. The van der Waals surface area contributed by atoms with Gasteiger partial charge < -0.3 is 0 Å². The first-order valence-corrected chi connectivity index (χ1v) is 4.49. The SMILES string of the molecule is COCl.COCl.[Ti][C]1=CC=CC1. The molecule has 0 aromatic rings. The molecule has 0 unspecified atom stereocenters. The quantitative estimate of drug-likeness (QED) is 0.611. The molecule has 0 radical (unpaired) electrons. The van der Waals surface area contributed by atoms with E-state index in [4.69, 9.17) is 0 Å². The maximum absolute atomic E-state index is 4.50. The number of rotatable bonds is 0. The Balaban J connectivity index is 0. The van der Waals surface area contributed by atoms with Gasteiger partial charge in [-0.2, -0.15) is 0 Å². The van der Waals surface area contributed by atoms with Crippen molar-refractivity contribution in [2.45, 2.75) is 6.42 Å². The molecule has 5 heteroatoms. The van der Waals surface area contributed by atoms with Crippen molar-refractivity contribution in [2.75, 3.05) is 14.2 Å². The third-order valence-electron chi connectivity index (χ3n) is 0.771. The van der Waals surface area contributed by atoms with Gasteiger partial charge >= 0.3 is 49.0 Å². The molecular formula is C7H11Cl2O2Ti. The topological polar surface area (TPSA) is 18.5 Å². The molecule has 0 saturated carbocycles. The van der Waals surface area contributed by atoms with Crippen LogP contribution in [0.25, 0.3) is 0 Å². The van der Waals surface area contributed by atoms with E-state index in [0.717, 1.165) is 0 Å². The molecule has 1 aliphatic carbocycles. The van der Waals surface area contributed by atoms with Crippen molar-refractivity contribution in [3.05, 3.63) is 22.1 Å². The van der Waals surface area contributed by atoms with Gasteiger partial charge in [0.2, 0.25) is 0 Å². The van der Waals surface area contributed by atoms with Crippen LogP contribution in [0.4, 0.5) is 0 Å². The zero-order chi connectivity index (χ0) is 9.82. The first-order chi connectivity index (χ1) is 5.72. The van der Waals surface area contributed by atoms with Crippen molar-refractivity contribution in [3.63, 3.8) is 0 Å². The van der Waals surface area contributed by atoms with Crippen LogP contribution < -0.4 is 0 Å². The molecule has 1 aliphatic rings. The molecular weight excluding hydrogens is 235 g/mol. The second-order valence-corrected chi connectivity index (χ2v) is 3.25. The average Bonchev–Trinajstić information content (AvgIpc) is 2.43. The van der Waals surface area contributed by atoms with Gasteiger partial charge in [0.1, 0.15) is 0 Å². The molecule has 0 bridgehead atoms. The summed E-state index contributed by atoms with van der Waals surface area (Å²) in [5, 5.41) is 0. The van der Waals surface area contributed by atoms with Gasteiger partial charge in [-0.15, -0.1) is 0 Å². The van der Waals surface area contributed by atoms with Crippen LogP contribution in [-0.2, 0) is 29.0 Å². The zero-order valence-corrected chi connectivity index (χ0v) is 10.1. The third-order valence-corrected chi connectivity index (χ3v) is 1.35. The molecule has 0 spiro atoms. The van der Waals surface area contributed by atoms with Gasteiger partial charge in [-0.3, -0.25) is 8.58 Å². The fraction of sp³-hybridized carbons (Fsp3) is 0.429. The average molecular weight is 246 g/mol. The summed E-state index contributed by atoms with van der Waals surface area (Å²) in [7, 11) is 2.78. The predicted octanol–water partition coefficient (Wildman–Crippen LogP) is 2.95. The van der Waals surface area contributed by atoms with Crippen LogP contribution in [0.1, 0.15) is 6.42 Å². The van der Waals surface area contributed by atoms with E-state index in [9.17, 15) is 0 Å². The van der Waals surface area contributed by atoms with Crippen LogP contribution in [-0.4, -0.2) is 14.2 Å². The van der Waals surface area contributed by atoms with E-state index in [2.05, 4.69) is 71.0 Å². The van der Waals surface area contributed by atoms with Crippen molar-refractivity contribution in [2.24, 2.45) is 0 Å². The van der Waals surface area contributed by atoms with Crippen LogP contribution >= 0.6 is 23.7 Å². The van der Waals surface area contributed by atoms with Crippen molar-refractivity contribution < 1.29 is 29.0 Å². The van der Waals surface area contributed by atoms with E-state index in [1.807, 2.05) is 0 Å².